The Morgan fingerprint density at radius 2 is 1.83 bits per heavy atom. The number of guanidine groups is 1. The normalized spacial score (nSPS) is 11.0. The molecule has 0 heterocycles. The summed E-state index contributed by atoms with van der Waals surface area (Å²) in [5.41, 5.74) is 6.67. The third-order valence-electron chi connectivity index (χ3n) is 3.87. The van der Waals surface area contributed by atoms with Gasteiger partial charge in [0.1, 0.15) is 11.6 Å². The molecule has 0 aliphatic carbocycles. The van der Waals surface area contributed by atoms with Crippen molar-refractivity contribution in [2.45, 2.75) is 19.6 Å². The van der Waals surface area contributed by atoms with Crippen molar-refractivity contribution in [2.24, 2.45) is 10.7 Å². The average molecular weight is 525 g/mol. The third-order valence-corrected chi connectivity index (χ3v) is 3.87. The van der Waals surface area contributed by atoms with Crippen molar-refractivity contribution in [1.82, 2.24) is 5.32 Å². The molecule has 0 atom stereocenters. The highest BCUT2D eigenvalue weighted by Crippen LogP contribution is 2.27. The number of rotatable bonds is 9. The van der Waals surface area contributed by atoms with Gasteiger partial charge in [-0.3, -0.25) is 0 Å². The number of alkyl halides is 2. The SMILES string of the molecule is COc1ccc(CCNC(N)=NCc2c(F)cccc2OC(F)F)cc1OC.I. The smallest absolute Gasteiger partial charge is 0.387 e. The van der Waals surface area contributed by atoms with Gasteiger partial charge in [0.15, 0.2) is 17.5 Å². The fourth-order valence-electron chi connectivity index (χ4n) is 2.49. The van der Waals surface area contributed by atoms with E-state index in [1.54, 1.807) is 20.3 Å². The molecule has 0 amide bonds. The van der Waals surface area contributed by atoms with E-state index < -0.39 is 12.4 Å². The van der Waals surface area contributed by atoms with E-state index in [2.05, 4.69) is 15.0 Å². The Kier molecular flexibility index (Phi) is 10.4. The number of aliphatic imine (C=N–C) groups is 1. The Balaban J connectivity index is 0.00000420. The van der Waals surface area contributed by atoms with E-state index in [-0.39, 0.29) is 47.8 Å². The van der Waals surface area contributed by atoms with Crippen LogP contribution in [0.15, 0.2) is 41.4 Å². The lowest BCUT2D eigenvalue weighted by atomic mass is 10.1. The zero-order valence-corrected chi connectivity index (χ0v) is 18.3. The molecule has 160 valence electrons. The molecule has 29 heavy (non-hydrogen) atoms. The average Bonchev–Trinajstić information content (AvgIpc) is 2.67. The van der Waals surface area contributed by atoms with Gasteiger partial charge >= 0.3 is 6.61 Å². The van der Waals surface area contributed by atoms with Gasteiger partial charge in [0.2, 0.25) is 0 Å². The van der Waals surface area contributed by atoms with Crippen molar-refractivity contribution in [3.63, 3.8) is 0 Å². The summed E-state index contributed by atoms with van der Waals surface area (Å²) in [4.78, 5) is 3.99. The largest absolute Gasteiger partial charge is 0.493 e. The Labute approximate surface area is 184 Å². The predicted molar refractivity (Wildman–Crippen MR) is 115 cm³/mol. The quantitative estimate of drug-likeness (QED) is 0.297. The molecule has 3 N–H and O–H groups in total. The number of hydrogen-bond donors (Lipinski definition) is 2. The van der Waals surface area contributed by atoms with Crippen LogP contribution in [-0.4, -0.2) is 33.3 Å². The first-order valence-corrected chi connectivity index (χ1v) is 8.41. The molecule has 2 rings (SSSR count). The number of halogens is 4. The van der Waals surface area contributed by atoms with Crippen LogP contribution in [0, 0.1) is 5.82 Å². The monoisotopic (exact) mass is 525 g/mol. The van der Waals surface area contributed by atoms with E-state index in [0.29, 0.717) is 24.5 Å². The van der Waals surface area contributed by atoms with Crippen molar-refractivity contribution < 1.29 is 27.4 Å². The van der Waals surface area contributed by atoms with Crippen LogP contribution in [0.2, 0.25) is 0 Å². The number of benzene rings is 2. The second kappa shape index (κ2) is 12.2. The fourth-order valence-corrected chi connectivity index (χ4v) is 2.49. The zero-order valence-electron chi connectivity index (χ0n) is 16.0. The number of ether oxygens (including phenoxy) is 3. The predicted octanol–water partition coefficient (Wildman–Crippen LogP) is 3.71. The summed E-state index contributed by atoms with van der Waals surface area (Å²) in [6.45, 7) is -2.83. The number of nitrogens with one attached hydrogen (secondary N) is 1. The van der Waals surface area contributed by atoms with Crippen LogP contribution in [-0.2, 0) is 13.0 Å². The van der Waals surface area contributed by atoms with E-state index in [9.17, 15) is 13.2 Å². The van der Waals surface area contributed by atoms with Gasteiger partial charge in [-0.25, -0.2) is 9.38 Å². The first kappa shape index (κ1) is 24.7. The molecule has 6 nitrogen and oxygen atoms in total. The van der Waals surface area contributed by atoms with Crippen molar-refractivity contribution >= 4 is 29.9 Å². The first-order chi connectivity index (χ1) is 13.4. The Bertz CT molecular complexity index is 823. The van der Waals surface area contributed by atoms with Crippen LogP contribution in [0.25, 0.3) is 0 Å². The highest BCUT2D eigenvalue weighted by molar-refractivity contribution is 14.0. The van der Waals surface area contributed by atoms with E-state index in [1.807, 2.05) is 12.1 Å². The molecule has 0 spiro atoms. The van der Waals surface area contributed by atoms with E-state index in [1.165, 1.54) is 12.1 Å². The van der Waals surface area contributed by atoms with Gasteiger partial charge in [-0.1, -0.05) is 12.1 Å². The minimum atomic E-state index is -3.05. The molecule has 0 bridgehead atoms. The van der Waals surface area contributed by atoms with Crippen LogP contribution < -0.4 is 25.3 Å². The maximum Gasteiger partial charge on any atom is 0.387 e. The lowest BCUT2D eigenvalue weighted by molar-refractivity contribution is -0.0506. The van der Waals surface area contributed by atoms with Crippen molar-refractivity contribution in [3.8, 4) is 17.2 Å². The highest BCUT2D eigenvalue weighted by atomic mass is 127. The summed E-state index contributed by atoms with van der Waals surface area (Å²) in [5.74, 6) is 0.350. The lowest BCUT2D eigenvalue weighted by Crippen LogP contribution is -2.33. The van der Waals surface area contributed by atoms with Crippen molar-refractivity contribution in [1.29, 1.82) is 0 Å². The molecule has 0 radical (unpaired) electrons. The van der Waals surface area contributed by atoms with Crippen molar-refractivity contribution in [2.75, 3.05) is 20.8 Å². The maximum atomic E-state index is 13.9. The van der Waals surface area contributed by atoms with Gasteiger partial charge in [-0.2, -0.15) is 8.78 Å². The van der Waals surface area contributed by atoms with Crippen LogP contribution in [0.5, 0.6) is 17.2 Å². The van der Waals surface area contributed by atoms with Gasteiger partial charge < -0.3 is 25.3 Å². The number of nitrogens with two attached hydrogens (primary N) is 1. The summed E-state index contributed by atoms with van der Waals surface area (Å²) < 4.78 is 53.5. The number of methoxy groups -OCH3 is 2. The minimum absolute atomic E-state index is 0. The second-order valence-electron chi connectivity index (χ2n) is 5.66. The molecular formula is C19H23F3IN3O3. The van der Waals surface area contributed by atoms with Crippen LogP contribution in [0.4, 0.5) is 13.2 Å². The van der Waals surface area contributed by atoms with E-state index in [0.717, 1.165) is 11.6 Å². The number of nitrogens with zero attached hydrogens (tertiary/aromatic N) is 1. The summed E-state index contributed by atoms with van der Waals surface area (Å²) in [5, 5.41) is 2.89. The molecule has 0 aliphatic heterocycles. The van der Waals surface area contributed by atoms with Gasteiger partial charge in [0.25, 0.3) is 0 Å². The molecular weight excluding hydrogens is 502 g/mol. The molecule has 0 aromatic heterocycles. The molecule has 0 saturated heterocycles. The summed E-state index contributed by atoms with van der Waals surface area (Å²) in [6, 6.07) is 9.22. The van der Waals surface area contributed by atoms with Crippen LogP contribution in [0.1, 0.15) is 11.1 Å². The molecule has 2 aromatic carbocycles. The summed E-state index contributed by atoms with van der Waals surface area (Å²) in [7, 11) is 3.11. The van der Waals surface area contributed by atoms with E-state index in [4.69, 9.17) is 15.2 Å². The third kappa shape index (κ3) is 7.52. The van der Waals surface area contributed by atoms with Gasteiger partial charge in [-0.15, -0.1) is 24.0 Å². The Hall–Kier alpha value is -2.37. The Morgan fingerprint density at radius 1 is 1.10 bits per heavy atom. The van der Waals surface area contributed by atoms with Crippen molar-refractivity contribution in [3.05, 3.63) is 53.3 Å². The van der Waals surface area contributed by atoms with E-state index >= 15 is 0 Å². The Morgan fingerprint density at radius 3 is 2.48 bits per heavy atom. The summed E-state index contributed by atoms with van der Waals surface area (Å²) in [6.07, 6.45) is 0.621. The summed E-state index contributed by atoms with van der Waals surface area (Å²) >= 11 is 0. The zero-order chi connectivity index (χ0) is 20.5. The standard InChI is InChI=1S/C19H22F3N3O3.HI/c1-26-16-7-6-12(10-17(16)27-2)8-9-24-19(23)25-11-13-14(20)4-3-5-15(13)28-18(21)22;/h3-7,10,18H,8-9,11H2,1-2H3,(H3,23,24,25);1H. The molecule has 0 fully saturated rings. The first-order valence-electron chi connectivity index (χ1n) is 8.41. The topological polar surface area (TPSA) is 78.1 Å². The fraction of sp³-hybridized carbons (Fsp3) is 0.316. The molecule has 2 aromatic rings. The maximum absolute atomic E-state index is 13.9. The molecule has 0 unspecified atom stereocenters. The lowest BCUT2D eigenvalue weighted by Gasteiger charge is -2.11. The molecule has 0 saturated carbocycles. The van der Waals surface area contributed by atoms with Gasteiger partial charge in [0, 0.05) is 6.54 Å². The van der Waals surface area contributed by atoms with Gasteiger partial charge in [0.05, 0.1) is 26.3 Å². The minimum Gasteiger partial charge on any atom is -0.493 e. The number of hydrogen-bond acceptors (Lipinski definition) is 4. The van der Waals surface area contributed by atoms with Gasteiger partial charge in [-0.05, 0) is 36.2 Å². The highest BCUT2D eigenvalue weighted by Gasteiger charge is 2.13. The molecule has 0 aliphatic rings. The second-order valence-corrected chi connectivity index (χ2v) is 5.66. The van der Waals surface area contributed by atoms with Crippen LogP contribution in [0.3, 0.4) is 0 Å². The molecule has 10 heteroatoms. The van der Waals surface area contributed by atoms with Crippen LogP contribution >= 0.6 is 24.0 Å².